The van der Waals surface area contributed by atoms with E-state index in [1.54, 1.807) is 6.92 Å². The summed E-state index contributed by atoms with van der Waals surface area (Å²) < 4.78 is 0. The van der Waals surface area contributed by atoms with Gasteiger partial charge in [0.2, 0.25) is 0 Å². The van der Waals surface area contributed by atoms with Crippen LogP contribution in [0.3, 0.4) is 0 Å². The van der Waals surface area contributed by atoms with E-state index < -0.39 is 0 Å². The quantitative estimate of drug-likeness (QED) is 0.401. The third-order valence-electron chi connectivity index (χ3n) is 0.439. The van der Waals surface area contributed by atoms with Gasteiger partial charge < -0.3 is 0 Å². The smallest absolute Gasteiger partial charge is 0.136 e. The highest BCUT2D eigenvalue weighted by Gasteiger charge is 1.85. The summed E-state index contributed by atoms with van der Waals surface area (Å²) in [4.78, 5) is 4.16. The minimum absolute atomic E-state index is 0. The van der Waals surface area contributed by atoms with E-state index in [0.29, 0.717) is 0 Å². The Hall–Kier alpha value is -0.230. The molecule has 42 valence electrons. The predicted molar refractivity (Wildman–Crippen MR) is 30.8 cm³/mol. The average Bonchev–Trinajstić information content (AvgIpc) is 1.65. The van der Waals surface area contributed by atoms with Crippen molar-refractivity contribution in [2.24, 2.45) is 5.90 Å². The number of hydrogen-bond acceptors (Lipinski definition) is 2. The van der Waals surface area contributed by atoms with Gasteiger partial charge in [-0.1, -0.05) is 5.92 Å². The van der Waals surface area contributed by atoms with Crippen molar-refractivity contribution in [3.8, 4) is 12.3 Å². The second-order valence-corrected chi connectivity index (χ2v) is 0.945. The highest BCUT2D eigenvalue weighted by molar-refractivity contribution is 5.85. The Morgan fingerprint density at radius 3 is 2.29 bits per heavy atom. The molecule has 0 saturated heterocycles. The fraction of sp³-hybridized carbons (Fsp3) is 0.500. The van der Waals surface area contributed by atoms with Crippen molar-refractivity contribution in [3.63, 3.8) is 0 Å². The molecule has 2 N–H and O–H groups in total. The second kappa shape index (κ2) is 5.77. The molecule has 0 aromatic rings. The van der Waals surface area contributed by atoms with Gasteiger partial charge in [-0.15, -0.1) is 18.8 Å². The molecule has 0 aliphatic heterocycles. The Kier molecular flexibility index (Phi) is 8.17. The highest BCUT2D eigenvalue weighted by Crippen LogP contribution is 1.75. The van der Waals surface area contributed by atoms with Gasteiger partial charge >= 0.3 is 0 Å². The number of rotatable bonds is 1. The zero-order chi connectivity index (χ0) is 4.99. The zero-order valence-electron chi connectivity index (χ0n) is 4.05. The zero-order valence-corrected chi connectivity index (χ0v) is 4.87. The van der Waals surface area contributed by atoms with E-state index in [0.717, 1.165) is 0 Å². The van der Waals surface area contributed by atoms with E-state index in [1.807, 2.05) is 0 Å². The van der Waals surface area contributed by atoms with Gasteiger partial charge in [0.1, 0.15) is 6.10 Å². The summed E-state index contributed by atoms with van der Waals surface area (Å²) >= 11 is 0. The predicted octanol–water partition coefficient (Wildman–Crippen LogP) is 0.320. The molecule has 0 radical (unpaired) electrons. The Morgan fingerprint density at radius 1 is 1.86 bits per heavy atom. The fourth-order valence-electron chi connectivity index (χ4n) is 0.0393. The van der Waals surface area contributed by atoms with Crippen molar-refractivity contribution >= 4 is 12.4 Å². The third-order valence-corrected chi connectivity index (χ3v) is 0.439. The maximum absolute atomic E-state index is 4.83. The topological polar surface area (TPSA) is 35.2 Å². The van der Waals surface area contributed by atoms with Crippen LogP contribution in [0.5, 0.6) is 0 Å². The lowest BCUT2D eigenvalue weighted by molar-refractivity contribution is 0.106. The van der Waals surface area contributed by atoms with Gasteiger partial charge in [-0.3, -0.25) is 4.84 Å². The van der Waals surface area contributed by atoms with Crippen LogP contribution in [0.4, 0.5) is 0 Å². The maximum Gasteiger partial charge on any atom is 0.136 e. The maximum atomic E-state index is 4.83. The Bertz CT molecular complexity index is 68.6. The lowest BCUT2D eigenvalue weighted by Crippen LogP contribution is -2.09. The minimum Gasteiger partial charge on any atom is -0.289 e. The van der Waals surface area contributed by atoms with Crippen molar-refractivity contribution in [2.45, 2.75) is 13.0 Å². The Balaban J connectivity index is 0. The van der Waals surface area contributed by atoms with E-state index in [2.05, 4.69) is 16.7 Å². The molecule has 0 bridgehead atoms. The first-order chi connectivity index (χ1) is 2.81. The number of nitrogens with two attached hydrogens (primary N) is 1. The van der Waals surface area contributed by atoms with Crippen molar-refractivity contribution in [2.75, 3.05) is 0 Å². The van der Waals surface area contributed by atoms with Gasteiger partial charge in [-0.05, 0) is 6.92 Å². The van der Waals surface area contributed by atoms with E-state index in [-0.39, 0.29) is 18.5 Å². The molecule has 0 rings (SSSR count). The monoisotopic (exact) mass is 121 g/mol. The van der Waals surface area contributed by atoms with Crippen LogP contribution >= 0.6 is 12.4 Å². The largest absolute Gasteiger partial charge is 0.289 e. The summed E-state index contributed by atoms with van der Waals surface area (Å²) in [5.41, 5.74) is 0. The first-order valence-electron chi connectivity index (χ1n) is 1.63. The van der Waals surface area contributed by atoms with Crippen molar-refractivity contribution in [1.29, 1.82) is 0 Å². The third kappa shape index (κ3) is 5.77. The Morgan fingerprint density at radius 2 is 2.29 bits per heavy atom. The molecular weight excluding hydrogens is 114 g/mol. The van der Waals surface area contributed by atoms with Crippen molar-refractivity contribution < 1.29 is 4.84 Å². The Labute approximate surface area is 49.4 Å². The van der Waals surface area contributed by atoms with Crippen LogP contribution in [0.15, 0.2) is 0 Å². The molecule has 0 spiro atoms. The first kappa shape index (κ1) is 9.91. The standard InChI is InChI=1S/C4H7NO.ClH/c1-3-4(2)6-5;/h1,4H,5H2,2H3;1H/t4-;/m1./s1. The molecule has 0 fully saturated rings. The molecule has 0 aromatic heterocycles. The fourth-order valence-corrected chi connectivity index (χ4v) is 0.0393. The van der Waals surface area contributed by atoms with Crippen LogP contribution in [0, 0.1) is 12.3 Å². The summed E-state index contributed by atoms with van der Waals surface area (Å²) in [6.45, 7) is 1.69. The van der Waals surface area contributed by atoms with Crippen LogP contribution in [0.25, 0.3) is 0 Å². The van der Waals surface area contributed by atoms with Gasteiger partial charge in [0.15, 0.2) is 0 Å². The molecular formula is C4H8ClNO. The minimum atomic E-state index is -0.259. The lowest BCUT2D eigenvalue weighted by Gasteiger charge is -1.93. The SMILES string of the molecule is C#C[C@@H](C)ON.Cl. The van der Waals surface area contributed by atoms with Gasteiger partial charge in [0.25, 0.3) is 0 Å². The summed E-state index contributed by atoms with van der Waals surface area (Å²) in [6.07, 6.45) is 4.57. The van der Waals surface area contributed by atoms with Crippen molar-refractivity contribution in [1.82, 2.24) is 0 Å². The van der Waals surface area contributed by atoms with Gasteiger partial charge in [-0.2, -0.15) is 0 Å². The van der Waals surface area contributed by atoms with Crippen molar-refractivity contribution in [3.05, 3.63) is 0 Å². The van der Waals surface area contributed by atoms with E-state index in [4.69, 9.17) is 6.42 Å². The molecule has 0 aliphatic rings. The van der Waals surface area contributed by atoms with Crippen LogP contribution in [0.1, 0.15) is 6.92 Å². The van der Waals surface area contributed by atoms with E-state index in [1.165, 1.54) is 0 Å². The van der Waals surface area contributed by atoms with Crippen LogP contribution < -0.4 is 5.90 Å². The van der Waals surface area contributed by atoms with Crippen LogP contribution in [-0.2, 0) is 4.84 Å². The molecule has 0 amide bonds. The molecule has 1 atom stereocenters. The summed E-state index contributed by atoms with van der Waals surface area (Å²) in [5.74, 6) is 6.91. The van der Waals surface area contributed by atoms with Crippen LogP contribution in [-0.4, -0.2) is 6.10 Å². The highest BCUT2D eigenvalue weighted by atomic mass is 35.5. The summed E-state index contributed by atoms with van der Waals surface area (Å²) in [5, 5.41) is 0. The molecule has 3 heteroatoms. The first-order valence-corrected chi connectivity index (χ1v) is 1.63. The number of terminal acetylenes is 1. The van der Waals surface area contributed by atoms with E-state index >= 15 is 0 Å². The van der Waals surface area contributed by atoms with E-state index in [9.17, 15) is 0 Å². The molecule has 0 unspecified atom stereocenters. The summed E-state index contributed by atoms with van der Waals surface area (Å²) in [7, 11) is 0. The summed E-state index contributed by atoms with van der Waals surface area (Å²) in [6, 6.07) is 0. The average molecular weight is 122 g/mol. The van der Waals surface area contributed by atoms with Gasteiger partial charge in [0.05, 0.1) is 0 Å². The lowest BCUT2D eigenvalue weighted by atomic mass is 10.4. The van der Waals surface area contributed by atoms with Crippen LogP contribution in [0.2, 0.25) is 0 Å². The number of halogens is 1. The van der Waals surface area contributed by atoms with Gasteiger partial charge in [-0.25, -0.2) is 5.90 Å². The molecule has 2 nitrogen and oxygen atoms in total. The molecule has 0 saturated carbocycles. The normalized spacial score (nSPS) is 11.0. The molecule has 0 aromatic carbocycles. The molecule has 0 aliphatic carbocycles. The second-order valence-electron chi connectivity index (χ2n) is 0.945. The van der Waals surface area contributed by atoms with Gasteiger partial charge in [0, 0.05) is 0 Å². The molecule has 0 heterocycles. The number of hydrogen-bond donors (Lipinski definition) is 1. The molecule has 7 heavy (non-hydrogen) atoms.